The number of carbonyl (C=O) groups is 1. The smallest absolute Gasteiger partial charge is 0.346 e. The highest BCUT2D eigenvalue weighted by Gasteiger charge is 2.35. The third-order valence-corrected chi connectivity index (χ3v) is 6.35. The average Bonchev–Trinajstić information content (AvgIpc) is 2.94. The highest BCUT2D eigenvalue weighted by Crippen LogP contribution is 2.35. The van der Waals surface area contributed by atoms with Gasteiger partial charge in [-0.1, -0.05) is 18.6 Å². The molecule has 0 aliphatic carbocycles. The van der Waals surface area contributed by atoms with Crippen LogP contribution in [0.25, 0.3) is 0 Å². The molecule has 8 heteroatoms. The lowest BCUT2D eigenvalue weighted by atomic mass is 9.74. The van der Waals surface area contributed by atoms with Crippen LogP contribution < -0.4 is 15.7 Å². The molecule has 0 bridgehead atoms. The SMILES string of the molecule is COc1ccc(C2(CNC(=O)Cn3nc4n(c3=O)CCCCC4)CCOCC2)cc1. The van der Waals surface area contributed by atoms with Crippen LogP contribution in [-0.4, -0.2) is 47.1 Å². The van der Waals surface area contributed by atoms with E-state index in [1.165, 1.54) is 4.68 Å². The van der Waals surface area contributed by atoms with E-state index in [1.807, 2.05) is 12.1 Å². The second-order valence-electron chi connectivity index (χ2n) is 8.22. The average molecular weight is 415 g/mol. The van der Waals surface area contributed by atoms with Gasteiger partial charge in [-0.3, -0.25) is 9.36 Å². The van der Waals surface area contributed by atoms with Crippen molar-refractivity contribution in [1.82, 2.24) is 19.7 Å². The Morgan fingerprint density at radius 2 is 1.97 bits per heavy atom. The number of hydrogen-bond donors (Lipinski definition) is 1. The number of ether oxygens (including phenoxy) is 2. The predicted molar refractivity (Wildman–Crippen MR) is 112 cm³/mol. The summed E-state index contributed by atoms with van der Waals surface area (Å²) in [4.78, 5) is 25.3. The first kappa shape index (κ1) is 20.7. The van der Waals surface area contributed by atoms with E-state index in [9.17, 15) is 9.59 Å². The second-order valence-corrected chi connectivity index (χ2v) is 8.22. The largest absolute Gasteiger partial charge is 0.497 e. The van der Waals surface area contributed by atoms with Gasteiger partial charge in [0.2, 0.25) is 5.91 Å². The third kappa shape index (κ3) is 4.28. The predicted octanol–water partition coefficient (Wildman–Crippen LogP) is 1.64. The minimum absolute atomic E-state index is 0.0476. The number of carbonyl (C=O) groups excluding carboxylic acids is 1. The van der Waals surface area contributed by atoms with Gasteiger partial charge in [-0.05, 0) is 43.4 Å². The Hall–Kier alpha value is -2.61. The van der Waals surface area contributed by atoms with Gasteiger partial charge in [-0.2, -0.15) is 5.10 Å². The van der Waals surface area contributed by atoms with Crippen LogP contribution in [0.3, 0.4) is 0 Å². The van der Waals surface area contributed by atoms with Gasteiger partial charge in [0.15, 0.2) is 0 Å². The first-order chi connectivity index (χ1) is 14.6. The van der Waals surface area contributed by atoms with Crippen molar-refractivity contribution in [3.63, 3.8) is 0 Å². The zero-order valence-corrected chi connectivity index (χ0v) is 17.6. The molecule has 30 heavy (non-hydrogen) atoms. The van der Waals surface area contributed by atoms with Gasteiger partial charge >= 0.3 is 5.69 Å². The molecule has 1 amide bonds. The van der Waals surface area contributed by atoms with E-state index in [2.05, 4.69) is 22.5 Å². The Labute approximate surface area is 176 Å². The van der Waals surface area contributed by atoms with Crippen molar-refractivity contribution in [1.29, 1.82) is 0 Å². The van der Waals surface area contributed by atoms with Crippen LogP contribution in [0, 0.1) is 0 Å². The molecule has 0 radical (unpaired) electrons. The fourth-order valence-corrected chi connectivity index (χ4v) is 4.46. The number of nitrogens with zero attached hydrogens (tertiary/aromatic N) is 3. The number of amides is 1. The van der Waals surface area contributed by atoms with E-state index >= 15 is 0 Å². The van der Waals surface area contributed by atoms with Crippen LogP contribution in [0.15, 0.2) is 29.1 Å². The number of methoxy groups -OCH3 is 1. The van der Waals surface area contributed by atoms with Gasteiger partial charge in [0.05, 0.1) is 7.11 Å². The van der Waals surface area contributed by atoms with Gasteiger partial charge in [0, 0.05) is 38.1 Å². The van der Waals surface area contributed by atoms with Crippen molar-refractivity contribution in [3.8, 4) is 5.75 Å². The fourth-order valence-electron chi connectivity index (χ4n) is 4.46. The van der Waals surface area contributed by atoms with Crippen LogP contribution in [0.2, 0.25) is 0 Å². The summed E-state index contributed by atoms with van der Waals surface area (Å²) in [5.41, 5.74) is 0.798. The number of fused-ring (bicyclic) bond motifs is 1. The molecule has 2 aliphatic rings. The molecule has 1 saturated heterocycles. The molecule has 1 fully saturated rings. The molecule has 0 atom stereocenters. The molecule has 2 aliphatic heterocycles. The van der Waals surface area contributed by atoms with Crippen molar-refractivity contribution < 1.29 is 14.3 Å². The van der Waals surface area contributed by atoms with Crippen LogP contribution in [0.5, 0.6) is 5.75 Å². The van der Waals surface area contributed by atoms with E-state index in [4.69, 9.17) is 9.47 Å². The lowest BCUT2D eigenvalue weighted by molar-refractivity contribution is -0.122. The number of nitrogens with one attached hydrogen (secondary N) is 1. The van der Waals surface area contributed by atoms with E-state index in [1.54, 1.807) is 11.7 Å². The third-order valence-electron chi connectivity index (χ3n) is 6.35. The van der Waals surface area contributed by atoms with Gasteiger partial charge in [-0.25, -0.2) is 9.48 Å². The first-order valence-electron chi connectivity index (χ1n) is 10.8. The number of hydrogen-bond acceptors (Lipinski definition) is 5. The standard InChI is InChI=1S/C22H30N4O4/c1-29-18-8-6-17(7-9-18)22(10-13-30-14-11-22)16-23-20(27)15-26-21(28)25-12-4-2-3-5-19(25)24-26/h6-9H,2-5,10-16H2,1H3,(H,23,27). The molecular weight excluding hydrogens is 384 g/mol. The summed E-state index contributed by atoms with van der Waals surface area (Å²) in [6.45, 7) is 2.47. The number of rotatable bonds is 6. The van der Waals surface area contributed by atoms with E-state index in [0.29, 0.717) is 26.3 Å². The van der Waals surface area contributed by atoms with Crippen LogP contribution in [0.1, 0.15) is 43.5 Å². The quantitative estimate of drug-likeness (QED) is 0.777. The van der Waals surface area contributed by atoms with E-state index < -0.39 is 0 Å². The molecule has 0 saturated carbocycles. The Kier molecular flexibility index (Phi) is 6.22. The van der Waals surface area contributed by atoms with Gasteiger partial charge < -0.3 is 14.8 Å². The first-order valence-corrected chi connectivity index (χ1v) is 10.8. The molecular formula is C22H30N4O4. The molecule has 162 valence electrons. The topological polar surface area (TPSA) is 87.4 Å². The van der Waals surface area contributed by atoms with Crippen molar-refractivity contribution >= 4 is 5.91 Å². The van der Waals surface area contributed by atoms with Crippen LogP contribution >= 0.6 is 0 Å². The summed E-state index contributed by atoms with van der Waals surface area (Å²) in [5.74, 6) is 1.41. The molecule has 0 unspecified atom stereocenters. The molecule has 1 N–H and O–H groups in total. The fraction of sp³-hybridized carbons (Fsp3) is 0.591. The maximum Gasteiger partial charge on any atom is 0.346 e. The van der Waals surface area contributed by atoms with Crippen molar-refractivity contribution in [2.75, 3.05) is 26.9 Å². The molecule has 1 aromatic carbocycles. The molecule has 4 rings (SSSR count). The maximum atomic E-state index is 12.7. The summed E-state index contributed by atoms with van der Waals surface area (Å²) in [7, 11) is 1.65. The summed E-state index contributed by atoms with van der Waals surface area (Å²) < 4.78 is 13.9. The van der Waals surface area contributed by atoms with E-state index in [0.717, 1.165) is 55.7 Å². The Morgan fingerprint density at radius 1 is 1.20 bits per heavy atom. The molecule has 2 aromatic rings. The second kappa shape index (κ2) is 9.04. The molecule has 0 spiro atoms. The Morgan fingerprint density at radius 3 is 2.70 bits per heavy atom. The normalized spacial score (nSPS) is 18.3. The molecule has 1 aromatic heterocycles. The minimum Gasteiger partial charge on any atom is -0.497 e. The van der Waals surface area contributed by atoms with Crippen molar-refractivity contribution in [2.45, 2.75) is 57.0 Å². The van der Waals surface area contributed by atoms with Gasteiger partial charge in [0.25, 0.3) is 0 Å². The van der Waals surface area contributed by atoms with Crippen LogP contribution in [0.4, 0.5) is 0 Å². The number of aryl methyl sites for hydroxylation is 1. The summed E-state index contributed by atoms with van der Waals surface area (Å²) >= 11 is 0. The lowest BCUT2D eigenvalue weighted by Gasteiger charge is -2.38. The van der Waals surface area contributed by atoms with Gasteiger partial charge in [-0.15, -0.1) is 0 Å². The Bertz CT molecular complexity index is 926. The zero-order valence-electron chi connectivity index (χ0n) is 17.6. The summed E-state index contributed by atoms with van der Waals surface area (Å²) in [6, 6.07) is 8.03. The summed E-state index contributed by atoms with van der Waals surface area (Å²) in [6.07, 6.45) is 5.59. The highest BCUT2D eigenvalue weighted by atomic mass is 16.5. The van der Waals surface area contributed by atoms with Crippen molar-refractivity contribution in [2.24, 2.45) is 0 Å². The number of aromatic nitrogens is 3. The highest BCUT2D eigenvalue weighted by molar-refractivity contribution is 5.75. The van der Waals surface area contributed by atoms with E-state index in [-0.39, 0.29) is 23.6 Å². The van der Waals surface area contributed by atoms with Crippen LogP contribution in [-0.2, 0) is 34.5 Å². The minimum atomic E-state index is -0.190. The van der Waals surface area contributed by atoms with Gasteiger partial charge in [0.1, 0.15) is 18.1 Å². The molecule has 3 heterocycles. The lowest BCUT2D eigenvalue weighted by Crippen LogP contribution is -2.46. The Balaban J connectivity index is 1.45. The number of benzene rings is 1. The monoisotopic (exact) mass is 414 g/mol. The van der Waals surface area contributed by atoms with Crippen molar-refractivity contribution in [3.05, 3.63) is 46.1 Å². The zero-order chi connectivity index (χ0) is 21.0. The molecule has 8 nitrogen and oxygen atoms in total. The maximum absolute atomic E-state index is 12.7. The summed E-state index contributed by atoms with van der Waals surface area (Å²) in [5, 5.41) is 7.47.